The van der Waals surface area contributed by atoms with Crippen LogP contribution in [-0.4, -0.2) is 18.8 Å². The maximum Gasteiger partial charge on any atom is 0.119 e. The highest BCUT2D eigenvalue weighted by Crippen LogP contribution is 2.33. The van der Waals surface area contributed by atoms with Gasteiger partial charge in [0.05, 0.1) is 12.2 Å². The smallest absolute Gasteiger partial charge is 0.119 e. The molecule has 1 atom stereocenters. The fraction of sp³-hybridized carbons (Fsp3) is 0.647. The van der Waals surface area contributed by atoms with Crippen molar-refractivity contribution >= 4 is 0 Å². The number of benzene rings is 1. The molecule has 0 aliphatic carbocycles. The number of rotatable bonds is 7. The highest BCUT2D eigenvalue weighted by Gasteiger charge is 2.34. The zero-order valence-electron chi connectivity index (χ0n) is 13.1. The van der Waals surface area contributed by atoms with Crippen LogP contribution in [0.3, 0.4) is 0 Å². The van der Waals surface area contributed by atoms with E-state index in [0.29, 0.717) is 12.5 Å². The summed E-state index contributed by atoms with van der Waals surface area (Å²) in [5.41, 5.74) is 0.0824. The minimum absolute atomic E-state index is 0.0824. The lowest BCUT2D eigenvalue weighted by molar-refractivity contribution is -0.0938. The Morgan fingerprint density at radius 2 is 1.58 bits per heavy atom. The average molecular weight is 264 g/mol. The second kappa shape index (κ2) is 6.95. The van der Waals surface area contributed by atoms with Crippen LogP contribution >= 0.6 is 0 Å². The Balaban J connectivity index is 2.70. The Hall–Kier alpha value is -1.02. The molecule has 2 heteroatoms. The van der Waals surface area contributed by atoms with Gasteiger partial charge >= 0.3 is 0 Å². The van der Waals surface area contributed by atoms with Crippen LogP contribution in [0.25, 0.3) is 0 Å². The molecule has 0 saturated heterocycles. The summed E-state index contributed by atoms with van der Waals surface area (Å²) in [5.74, 6) is 1.44. The maximum absolute atomic E-state index is 6.07. The van der Waals surface area contributed by atoms with Crippen molar-refractivity contribution < 1.29 is 9.47 Å². The van der Waals surface area contributed by atoms with E-state index < -0.39 is 0 Å². The van der Waals surface area contributed by atoms with Crippen molar-refractivity contribution in [2.45, 2.75) is 53.8 Å². The normalized spacial score (nSPS) is 13.9. The van der Waals surface area contributed by atoms with Crippen molar-refractivity contribution in [2.75, 3.05) is 6.61 Å². The molecule has 0 heterocycles. The Kier molecular flexibility index (Phi) is 5.86. The summed E-state index contributed by atoms with van der Waals surface area (Å²) >= 11 is 0. The van der Waals surface area contributed by atoms with Crippen LogP contribution in [0, 0.1) is 11.3 Å². The molecule has 0 bridgehead atoms. The van der Waals surface area contributed by atoms with Gasteiger partial charge in [-0.1, -0.05) is 45.9 Å². The maximum atomic E-state index is 6.07. The van der Waals surface area contributed by atoms with Crippen molar-refractivity contribution in [2.24, 2.45) is 11.3 Å². The van der Waals surface area contributed by atoms with E-state index in [0.717, 1.165) is 5.75 Å². The predicted octanol–water partition coefficient (Wildman–Crippen LogP) is 4.54. The van der Waals surface area contributed by atoms with E-state index in [1.807, 2.05) is 30.3 Å². The van der Waals surface area contributed by atoms with E-state index in [4.69, 9.17) is 9.47 Å². The van der Waals surface area contributed by atoms with Gasteiger partial charge in [0.15, 0.2) is 0 Å². The van der Waals surface area contributed by atoms with Crippen molar-refractivity contribution in [3.05, 3.63) is 30.3 Å². The Bertz CT molecular complexity index is 355. The van der Waals surface area contributed by atoms with Crippen LogP contribution in [-0.2, 0) is 4.74 Å². The SMILES string of the molecule is CC(C)OC(COc1ccccc1)C(C)(C)C(C)C. The van der Waals surface area contributed by atoms with E-state index in [2.05, 4.69) is 41.5 Å². The Morgan fingerprint density at radius 3 is 2.05 bits per heavy atom. The van der Waals surface area contributed by atoms with Gasteiger partial charge in [0, 0.05) is 0 Å². The monoisotopic (exact) mass is 264 g/mol. The zero-order chi connectivity index (χ0) is 14.5. The molecule has 1 aromatic carbocycles. The average Bonchev–Trinajstić information content (AvgIpc) is 2.35. The summed E-state index contributed by atoms with van der Waals surface area (Å²) in [4.78, 5) is 0. The number of ether oxygens (including phenoxy) is 2. The molecule has 1 unspecified atom stereocenters. The van der Waals surface area contributed by atoms with Gasteiger partial charge < -0.3 is 9.47 Å². The minimum atomic E-state index is 0.0824. The third-order valence-corrected chi connectivity index (χ3v) is 3.90. The van der Waals surface area contributed by atoms with Crippen molar-refractivity contribution in [3.63, 3.8) is 0 Å². The van der Waals surface area contributed by atoms with Gasteiger partial charge in [-0.2, -0.15) is 0 Å². The summed E-state index contributed by atoms with van der Waals surface area (Å²) in [6.45, 7) is 13.7. The summed E-state index contributed by atoms with van der Waals surface area (Å²) in [6.07, 6.45) is 0.301. The van der Waals surface area contributed by atoms with Gasteiger partial charge in [-0.25, -0.2) is 0 Å². The molecule has 1 aromatic rings. The molecule has 0 amide bonds. The van der Waals surface area contributed by atoms with Gasteiger partial charge in [-0.15, -0.1) is 0 Å². The first-order chi connectivity index (χ1) is 8.84. The largest absolute Gasteiger partial charge is 0.491 e. The Labute approximate surface area is 118 Å². The van der Waals surface area contributed by atoms with Crippen LogP contribution in [0.4, 0.5) is 0 Å². The molecule has 19 heavy (non-hydrogen) atoms. The Morgan fingerprint density at radius 1 is 1.00 bits per heavy atom. The van der Waals surface area contributed by atoms with Crippen molar-refractivity contribution in [3.8, 4) is 5.75 Å². The van der Waals surface area contributed by atoms with E-state index in [-0.39, 0.29) is 17.6 Å². The molecule has 2 nitrogen and oxygen atoms in total. The predicted molar refractivity (Wildman–Crippen MR) is 80.6 cm³/mol. The summed E-state index contributed by atoms with van der Waals surface area (Å²) in [5, 5.41) is 0. The van der Waals surface area contributed by atoms with Crippen LogP contribution in [0.5, 0.6) is 5.75 Å². The van der Waals surface area contributed by atoms with Gasteiger partial charge in [0.2, 0.25) is 0 Å². The fourth-order valence-corrected chi connectivity index (χ4v) is 1.82. The number of hydrogen-bond donors (Lipinski definition) is 0. The van der Waals surface area contributed by atoms with Gasteiger partial charge in [-0.3, -0.25) is 0 Å². The highest BCUT2D eigenvalue weighted by atomic mass is 16.5. The van der Waals surface area contributed by atoms with E-state index in [1.54, 1.807) is 0 Å². The zero-order valence-corrected chi connectivity index (χ0v) is 13.1. The molecule has 0 aromatic heterocycles. The molecular formula is C17H28O2. The lowest BCUT2D eigenvalue weighted by Crippen LogP contribution is -2.42. The van der Waals surface area contributed by atoms with Crippen molar-refractivity contribution in [1.82, 2.24) is 0 Å². The highest BCUT2D eigenvalue weighted by molar-refractivity contribution is 5.20. The molecule has 0 N–H and O–H groups in total. The summed E-state index contributed by atoms with van der Waals surface area (Å²) in [7, 11) is 0. The first kappa shape index (κ1) is 16.0. The standard InChI is InChI=1S/C17H28O2/c1-13(2)17(5,6)16(19-14(3)4)12-18-15-10-8-7-9-11-15/h7-11,13-14,16H,12H2,1-6H3. The molecule has 1 rings (SSSR count). The second-order valence-electron chi connectivity index (χ2n) is 6.27. The van der Waals surface area contributed by atoms with Crippen LogP contribution in [0.2, 0.25) is 0 Å². The third-order valence-electron chi connectivity index (χ3n) is 3.90. The molecule has 0 radical (unpaired) electrons. The van der Waals surface area contributed by atoms with E-state index in [9.17, 15) is 0 Å². The molecule has 0 aliphatic rings. The molecular weight excluding hydrogens is 236 g/mol. The van der Waals surface area contributed by atoms with Crippen LogP contribution < -0.4 is 4.74 Å². The molecule has 0 fully saturated rings. The van der Waals surface area contributed by atoms with Gasteiger partial charge in [-0.05, 0) is 37.3 Å². The summed E-state index contributed by atoms with van der Waals surface area (Å²) < 4.78 is 12.0. The van der Waals surface area contributed by atoms with E-state index >= 15 is 0 Å². The third kappa shape index (κ3) is 4.87. The quantitative estimate of drug-likeness (QED) is 0.719. The first-order valence-electron chi connectivity index (χ1n) is 7.17. The topological polar surface area (TPSA) is 18.5 Å². The lowest BCUT2D eigenvalue weighted by Gasteiger charge is -2.38. The van der Waals surface area contributed by atoms with Gasteiger partial charge in [0.25, 0.3) is 0 Å². The van der Waals surface area contributed by atoms with Gasteiger partial charge in [0.1, 0.15) is 12.4 Å². The lowest BCUT2D eigenvalue weighted by atomic mass is 9.76. The van der Waals surface area contributed by atoms with E-state index in [1.165, 1.54) is 0 Å². The van der Waals surface area contributed by atoms with Crippen LogP contribution in [0.15, 0.2) is 30.3 Å². The second-order valence-corrected chi connectivity index (χ2v) is 6.27. The number of hydrogen-bond acceptors (Lipinski definition) is 2. The first-order valence-corrected chi connectivity index (χ1v) is 7.17. The summed E-state index contributed by atoms with van der Waals surface area (Å²) in [6, 6.07) is 9.93. The molecule has 0 spiro atoms. The molecule has 0 saturated carbocycles. The minimum Gasteiger partial charge on any atom is -0.491 e. The molecule has 0 aliphatic heterocycles. The number of para-hydroxylation sites is 1. The van der Waals surface area contributed by atoms with Crippen LogP contribution in [0.1, 0.15) is 41.5 Å². The fourth-order valence-electron chi connectivity index (χ4n) is 1.82. The van der Waals surface area contributed by atoms with Crippen molar-refractivity contribution in [1.29, 1.82) is 0 Å². The molecule has 108 valence electrons.